The molecule has 0 aliphatic heterocycles. The van der Waals surface area contributed by atoms with Crippen molar-refractivity contribution in [1.29, 1.82) is 0 Å². The summed E-state index contributed by atoms with van der Waals surface area (Å²) in [5.41, 5.74) is 1.58. The molecule has 0 bridgehead atoms. The molecule has 2 nitrogen and oxygen atoms in total. The number of halogens is 4. The molecule has 0 unspecified atom stereocenters. The van der Waals surface area contributed by atoms with E-state index >= 15 is 0 Å². The van der Waals surface area contributed by atoms with Gasteiger partial charge in [0, 0.05) is 12.2 Å². The Bertz CT molecular complexity index is 611. The van der Waals surface area contributed by atoms with Crippen LogP contribution in [0.25, 0.3) is 0 Å². The maximum absolute atomic E-state index is 13.0. The average Bonchev–Trinajstić information content (AvgIpc) is 2.40. The normalized spacial score (nSPS) is 10.4. The highest BCUT2D eigenvalue weighted by Crippen LogP contribution is 2.34. The second-order valence-corrected chi connectivity index (χ2v) is 5.30. The van der Waals surface area contributed by atoms with Gasteiger partial charge in [-0.3, -0.25) is 0 Å². The number of ether oxygens (including phenoxy) is 1. The summed E-state index contributed by atoms with van der Waals surface area (Å²) in [5, 5.41) is 4.06. The number of methoxy groups -OCH3 is 1. The third-order valence-electron chi connectivity index (χ3n) is 2.68. The first-order valence-electron chi connectivity index (χ1n) is 5.72. The van der Waals surface area contributed by atoms with Gasteiger partial charge in [-0.2, -0.15) is 0 Å². The van der Waals surface area contributed by atoms with Crippen LogP contribution in [0.3, 0.4) is 0 Å². The second-order valence-electron chi connectivity index (χ2n) is 4.08. The van der Waals surface area contributed by atoms with E-state index in [0.717, 1.165) is 5.56 Å². The minimum atomic E-state index is -0.451. The molecule has 0 amide bonds. The van der Waals surface area contributed by atoms with E-state index in [9.17, 15) is 4.39 Å². The molecule has 0 spiro atoms. The molecule has 0 radical (unpaired) electrons. The van der Waals surface area contributed by atoms with Crippen LogP contribution in [0, 0.1) is 5.82 Å². The fourth-order valence-electron chi connectivity index (χ4n) is 1.72. The van der Waals surface area contributed by atoms with Gasteiger partial charge in [-0.1, -0.05) is 34.8 Å². The number of benzene rings is 2. The van der Waals surface area contributed by atoms with E-state index in [2.05, 4.69) is 5.32 Å². The lowest BCUT2D eigenvalue weighted by Gasteiger charge is -2.11. The van der Waals surface area contributed by atoms with Crippen molar-refractivity contribution in [2.24, 2.45) is 0 Å². The third-order valence-corrected chi connectivity index (χ3v) is 3.53. The van der Waals surface area contributed by atoms with Crippen LogP contribution in [-0.2, 0) is 6.54 Å². The molecule has 0 atom stereocenters. The van der Waals surface area contributed by atoms with E-state index in [1.54, 1.807) is 18.2 Å². The van der Waals surface area contributed by atoms with Gasteiger partial charge >= 0.3 is 0 Å². The number of nitrogens with one attached hydrogen (secondary N) is 1. The van der Waals surface area contributed by atoms with Gasteiger partial charge in [-0.05, 0) is 35.9 Å². The monoisotopic (exact) mass is 333 g/mol. The zero-order chi connectivity index (χ0) is 14.7. The van der Waals surface area contributed by atoms with Gasteiger partial charge in [-0.15, -0.1) is 0 Å². The Morgan fingerprint density at radius 2 is 1.70 bits per heavy atom. The lowest BCUT2D eigenvalue weighted by Crippen LogP contribution is -2.00. The summed E-state index contributed by atoms with van der Waals surface area (Å²) in [5.74, 6) is -0.00494. The van der Waals surface area contributed by atoms with Gasteiger partial charge in [0.15, 0.2) is 5.75 Å². The van der Waals surface area contributed by atoms with E-state index in [1.165, 1.54) is 19.2 Å². The van der Waals surface area contributed by atoms with Crippen molar-refractivity contribution in [1.82, 2.24) is 0 Å². The quantitative estimate of drug-likeness (QED) is 0.807. The molecular formula is C14H11Cl3FNO. The Morgan fingerprint density at radius 3 is 2.25 bits per heavy atom. The molecule has 2 rings (SSSR count). The van der Waals surface area contributed by atoms with Crippen LogP contribution in [0.4, 0.5) is 10.1 Å². The standard InChI is InChI=1S/C14H11Cl3FNO/c1-20-14-11(16)4-8(5-12(14)17)7-19-9-2-3-13(18)10(15)6-9/h2-6,19H,7H2,1H3. The van der Waals surface area contributed by atoms with Crippen LogP contribution in [-0.4, -0.2) is 7.11 Å². The van der Waals surface area contributed by atoms with Crippen LogP contribution in [0.2, 0.25) is 15.1 Å². The number of hydrogen-bond acceptors (Lipinski definition) is 2. The van der Waals surface area contributed by atoms with Gasteiger partial charge in [0.25, 0.3) is 0 Å². The van der Waals surface area contributed by atoms with Crippen molar-refractivity contribution in [3.8, 4) is 5.75 Å². The van der Waals surface area contributed by atoms with Crippen LogP contribution >= 0.6 is 34.8 Å². The fourth-order valence-corrected chi connectivity index (χ4v) is 2.59. The maximum Gasteiger partial charge on any atom is 0.156 e. The van der Waals surface area contributed by atoms with Gasteiger partial charge < -0.3 is 10.1 Å². The van der Waals surface area contributed by atoms with Gasteiger partial charge in [0.05, 0.1) is 22.2 Å². The molecule has 1 N–H and O–H groups in total. The lowest BCUT2D eigenvalue weighted by molar-refractivity contribution is 0.415. The molecule has 0 saturated heterocycles. The molecule has 2 aromatic carbocycles. The van der Waals surface area contributed by atoms with Crippen LogP contribution in [0.5, 0.6) is 5.75 Å². The van der Waals surface area contributed by atoms with Crippen molar-refractivity contribution in [2.75, 3.05) is 12.4 Å². The first-order valence-corrected chi connectivity index (χ1v) is 6.85. The first-order chi connectivity index (χ1) is 9.51. The average molecular weight is 335 g/mol. The molecule has 0 fully saturated rings. The zero-order valence-electron chi connectivity index (χ0n) is 10.5. The molecule has 20 heavy (non-hydrogen) atoms. The summed E-state index contributed by atoms with van der Waals surface area (Å²) in [6.45, 7) is 0.478. The smallest absolute Gasteiger partial charge is 0.156 e. The molecule has 0 heterocycles. The summed E-state index contributed by atoms with van der Waals surface area (Å²) < 4.78 is 18.1. The predicted octanol–water partition coefficient (Wildman–Crippen LogP) is 5.41. The molecule has 6 heteroatoms. The Morgan fingerprint density at radius 1 is 1.05 bits per heavy atom. The molecule has 0 aliphatic rings. The Hall–Kier alpha value is -1.16. The minimum Gasteiger partial charge on any atom is -0.494 e. The van der Waals surface area contributed by atoms with E-state index in [0.29, 0.717) is 28.0 Å². The van der Waals surface area contributed by atoms with Crippen LogP contribution < -0.4 is 10.1 Å². The molecule has 0 saturated carbocycles. The highest BCUT2D eigenvalue weighted by atomic mass is 35.5. The molecule has 0 aliphatic carbocycles. The van der Waals surface area contributed by atoms with Gasteiger partial charge in [-0.25, -0.2) is 4.39 Å². The van der Waals surface area contributed by atoms with Crippen molar-refractivity contribution in [3.63, 3.8) is 0 Å². The van der Waals surface area contributed by atoms with Crippen molar-refractivity contribution < 1.29 is 9.13 Å². The molecule has 2 aromatic rings. The minimum absolute atomic E-state index is 0.0702. The zero-order valence-corrected chi connectivity index (χ0v) is 12.8. The highest BCUT2D eigenvalue weighted by Gasteiger charge is 2.08. The molecule has 0 aromatic heterocycles. The number of hydrogen-bond donors (Lipinski definition) is 1. The topological polar surface area (TPSA) is 21.3 Å². The van der Waals surface area contributed by atoms with Crippen LogP contribution in [0.1, 0.15) is 5.56 Å². The first kappa shape index (κ1) is 15.2. The Labute approximate surface area is 131 Å². The Kier molecular flexibility index (Phi) is 4.97. The van der Waals surface area contributed by atoms with Crippen molar-refractivity contribution >= 4 is 40.5 Å². The second kappa shape index (κ2) is 6.53. The SMILES string of the molecule is COc1c(Cl)cc(CNc2ccc(F)c(Cl)c2)cc1Cl. The van der Waals surface area contributed by atoms with E-state index < -0.39 is 5.82 Å². The largest absolute Gasteiger partial charge is 0.494 e. The number of rotatable bonds is 4. The number of anilines is 1. The van der Waals surface area contributed by atoms with Crippen molar-refractivity contribution in [3.05, 3.63) is 56.8 Å². The van der Waals surface area contributed by atoms with E-state index in [1.807, 2.05) is 0 Å². The fraction of sp³-hybridized carbons (Fsp3) is 0.143. The van der Waals surface area contributed by atoms with Gasteiger partial charge in [0.2, 0.25) is 0 Å². The summed E-state index contributed by atoms with van der Waals surface area (Å²) in [4.78, 5) is 0. The van der Waals surface area contributed by atoms with Crippen LogP contribution in [0.15, 0.2) is 30.3 Å². The van der Waals surface area contributed by atoms with Crippen molar-refractivity contribution in [2.45, 2.75) is 6.54 Å². The van der Waals surface area contributed by atoms with E-state index in [-0.39, 0.29) is 5.02 Å². The molecular weight excluding hydrogens is 324 g/mol. The lowest BCUT2D eigenvalue weighted by atomic mass is 10.2. The Balaban J connectivity index is 2.13. The molecule has 106 valence electrons. The summed E-state index contributed by atoms with van der Waals surface area (Å²) in [7, 11) is 1.51. The predicted molar refractivity (Wildman–Crippen MR) is 81.8 cm³/mol. The highest BCUT2D eigenvalue weighted by molar-refractivity contribution is 6.37. The summed E-state index contributed by atoms with van der Waals surface area (Å²) in [6.07, 6.45) is 0. The maximum atomic E-state index is 13.0. The van der Waals surface area contributed by atoms with Gasteiger partial charge in [0.1, 0.15) is 5.82 Å². The summed E-state index contributed by atoms with van der Waals surface area (Å²) >= 11 is 17.8. The van der Waals surface area contributed by atoms with E-state index in [4.69, 9.17) is 39.5 Å². The summed E-state index contributed by atoms with van der Waals surface area (Å²) in [6, 6.07) is 7.94. The third kappa shape index (κ3) is 3.48.